The van der Waals surface area contributed by atoms with Gasteiger partial charge in [0.2, 0.25) is 0 Å². The van der Waals surface area contributed by atoms with E-state index in [0.29, 0.717) is 13.0 Å². The second-order valence-corrected chi connectivity index (χ2v) is 3.76. The van der Waals surface area contributed by atoms with Gasteiger partial charge in [0.1, 0.15) is 0 Å². The lowest BCUT2D eigenvalue weighted by atomic mass is 10.2. The predicted octanol–water partition coefficient (Wildman–Crippen LogP) is 1.59. The van der Waals surface area contributed by atoms with Crippen LogP contribution >= 0.6 is 0 Å². The smallest absolute Gasteiger partial charge is 0.332 e. The first-order valence-corrected chi connectivity index (χ1v) is 5.89. The number of rotatable bonds is 8. The standard InChI is InChI=1S/C12H23NO3/c1-4-6-7-13-11(8-10(3)14)9-12(15)16-5-2/h9-10,13-14H,4-8H2,1-3H3. The molecule has 0 aliphatic heterocycles. The average Bonchev–Trinajstić information content (AvgIpc) is 2.17. The number of unbranched alkanes of at least 4 members (excludes halogenated alkanes) is 1. The molecule has 0 aromatic heterocycles. The molecular formula is C12H23NO3. The van der Waals surface area contributed by atoms with Crippen molar-refractivity contribution < 1.29 is 14.6 Å². The van der Waals surface area contributed by atoms with Gasteiger partial charge in [-0.2, -0.15) is 0 Å². The summed E-state index contributed by atoms with van der Waals surface area (Å²) in [5.74, 6) is -0.359. The largest absolute Gasteiger partial charge is 0.463 e. The van der Waals surface area contributed by atoms with Gasteiger partial charge in [-0.3, -0.25) is 0 Å². The first-order chi connectivity index (χ1) is 7.60. The molecule has 0 aliphatic carbocycles. The summed E-state index contributed by atoms with van der Waals surface area (Å²) < 4.78 is 4.82. The predicted molar refractivity (Wildman–Crippen MR) is 63.9 cm³/mol. The quantitative estimate of drug-likeness (QED) is 0.377. The molecule has 0 saturated heterocycles. The highest BCUT2D eigenvalue weighted by atomic mass is 16.5. The molecular weight excluding hydrogens is 206 g/mol. The van der Waals surface area contributed by atoms with Crippen molar-refractivity contribution in [3.63, 3.8) is 0 Å². The van der Waals surface area contributed by atoms with Crippen LogP contribution in [0.5, 0.6) is 0 Å². The minimum atomic E-state index is -0.463. The van der Waals surface area contributed by atoms with E-state index >= 15 is 0 Å². The first kappa shape index (κ1) is 15.0. The van der Waals surface area contributed by atoms with Gasteiger partial charge in [0.25, 0.3) is 0 Å². The van der Waals surface area contributed by atoms with E-state index in [1.165, 1.54) is 6.08 Å². The summed E-state index contributed by atoms with van der Waals surface area (Å²) >= 11 is 0. The Morgan fingerprint density at radius 2 is 2.19 bits per heavy atom. The zero-order chi connectivity index (χ0) is 12.4. The van der Waals surface area contributed by atoms with E-state index in [9.17, 15) is 9.90 Å². The molecule has 0 bridgehead atoms. The van der Waals surface area contributed by atoms with E-state index in [0.717, 1.165) is 25.1 Å². The van der Waals surface area contributed by atoms with E-state index < -0.39 is 6.10 Å². The maximum atomic E-state index is 11.2. The minimum absolute atomic E-state index is 0.359. The van der Waals surface area contributed by atoms with Gasteiger partial charge in [0.15, 0.2) is 0 Å². The Kier molecular flexibility index (Phi) is 8.62. The fourth-order valence-electron chi connectivity index (χ4n) is 1.25. The minimum Gasteiger partial charge on any atom is -0.463 e. The van der Waals surface area contributed by atoms with Gasteiger partial charge >= 0.3 is 5.97 Å². The third kappa shape index (κ3) is 8.29. The van der Waals surface area contributed by atoms with Crippen LogP contribution in [0.3, 0.4) is 0 Å². The van der Waals surface area contributed by atoms with Crippen molar-refractivity contribution in [1.82, 2.24) is 5.32 Å². The molecule has 0 aliphatic rings. The summed E-state index contributed by atoms with van der Waals surface area (Å²) in [7, 11) is 0. The molecule has 0 heterocycles. The Morgan fingerprint density at radius 1 is 1.50 bits per heavy atom. The molecule has 4 heteroatoms. The molecule has 0 fully saturated rings. The van der Waals surface area contributed by atoms with Gasteiger partial charge < -0.3 is 15.2 Å². The fourth-order valence-corrected chi connectivity index (χ4v) is 1.25. The highest BCUT2D eigenvalue weighted by Gasteiger charge is 2.05. The van der Waals surface area contributed by atoms with Gasteiger partial charge in [-0.15, -0.1) is 0 Å². The topological polar surface area (TPSA) is 58.6 Å². The molecule has 1 unspecified atom stereocenters. The summed E-state index contributed by atoms with van der Waals surface area (Å²) in [5, 5.41) is 12.4. The normalized spacial score (nSPS) is 13.4. The number of aliphatic hydroxyl groups is 1. The molecule has 94 valence electrons. The summed E-state index contributed by atoms with van der Waals surface area (Å²) in [5.41, 5.74) is 0.738. The highest BCUT2D eigenvalue weighted by Crippen LogP contribution is 2.03. The number of hydrogen-bond acceptors (Lipinski definition) is 4. The average molecular weight is 229 g/mol. The lowest BCUT2D eigenvalue weighted by molar-refractivity contribution is -0.137. The highest BCUT2D eigenvalue weighted by molar-refractivity contribution is 5.82. The van der Waals surface area contributed by atoms with Crippen LogP contribution < -0.4 is 5.32 Å². The van der Waals surface area contributed by atoms with Crippen molar-refractivity contribution in [2.45, 2.75) is 46.1 Å². The number of carbonyl (C=O) groups excluding carboxylic acids is 1. The van der Waals surface area contributed by atoms with E-state index in [-0.39, 0.29) is 5.97 Å². The summed E-state index contributed by atoms with van der Waals surface area (Å²) in [6.45, 7) is 6.75. The number of nitrogens with one attached hydrogen (secondary N) is 1. The molecule has 0 aromatic rings. The van der Waals surface area contributed by atoms with E-state index in [1.54, 1.807) is 13.8 Å². The number of esters is 1. The van der Waals surface area contributed by atoms with Crippen molar-refractivity contribution in [3.05, 3.63) is 11.8 Å². The fraction of sp³-hybridized carbons (Fsp3) is 0.750. The molecule has 1 atom stereocenters. The van der Waals surface area contributed by atoms with Crippen LogP contribution in [0.2, 0.25) is 0 Å². The number of carbonyl (C=O) groups is 1. The van der Waals surface area contributed by atoms with Crippen LogP contribution in [0.4, 0.5) is 0 Å². The van der Waals surface area contributed by atoms with Crippen LogP contribution in [0.15, 0.2) is 11.8 Å². The summed E-state index contributed by atoms with van der Waals surface area (Å²) in [4.78, 5) is 11.2. The maximum absolute atomic E-state index is 11.2. The van der Waals surface area contributed by atoms with Crippen LogP contribution in [0.1, 0.15) is 40.0 Å². The van der Waals surface area contributed by atoms with Crippen LogP contribution in [0.25, 0.3) is 0 Å². The number of aliphatic hydroxyl groups excluding tert-OH is 1. The lowest BCUT2D eigenvalue weighted by Crippen LogP contribution is -2.20. The molecule has 0 spiro atoms. The van der Waals surface area contributed by atoms with Gasteiger partial charge in [-0.05, 0) is 20.3 Å². The second kappa shape index (κ2) is 9.21. The maximum Gasteiger partial charge on any atom is 0.332 e. The zero-order valence-electron chi connectivity index (χ0n) is 10.5. The first-order valence-electron chi connectivity index (χ1n) is 5.89. The Bertz CT molecular complexity index is 224. The lowest BCUT2D eigenvalue weighted by Gasteiger charge is -2.12. The Hall–Kier alpha value is -1.03. The van der Waals surface area contributed by atoms with E-state index in [4.69, 9.17) is 4.74 Å². The third-order valence-electron chi connectivity index (χ3n) is 1.98. The third-order valence-corrected chi connectivity index (χ3v) is 1.98. The molecule has 0 rings (SSSR count). The molecule has 16 heavy (non-hydrogen) atoms. The molecule has 0 saturated carbocycles. The van der Waals surface area contributed by atoms with E-state index in [2.05, 4.69) is 12.2 Å². The van der Waals surface area contributed by atoms with Gasteiger partial charge in [-0.25, -0.2) is 4.79 Å². The van der Waals surface area contributed by atoms with Crippen molar-refractivity contribution in [2.24, 2.45) is 0 Å². The number of ether oxygens (including phenoxy) is 1. The van der Waals surface area contributed by atoms with Crippen LogP contribution in [0, 0.1) is 0 Å². The van der Waals surface area contributed by atoms with Crippen LogP contribution in [-0.4, -0.2) is 30.3 Å². The molecule has 0 aromatic carbocycles. The van der Waals surface area contributed by atoms with Gasteiger partial charge in [0.05, 0.1) is 12.7 Å². The van der Waals surface area contributed by atoms with E-state index in [1.807, 2.05) is 0 Å². The Balaban J connectivity index is 4.22. The summed E-state index contributed by atoms with van der Waals surface area (Å²) in [6, 6.07) is 0. The van der Waals surface area contributed by atoms with Crippen LogP contribution in [-0.2, 0) is 9.53 Å². The Morgan fingerprint density at radius 3 is 2.69 bits per heavy atom. The molecule has 0 amide bonds. The summed E-state index contributed by atoms with van der Waals surface area (Å²) in [6.07, 6.45) is 3.54. The van der Waals surface area contributed by atoms with Gasteiger partial charge in [-0.1, -0.05) is 13.3 Å². The molecule has 4 nitrogen and oxygen atoms in total. The van der Waals surface area contributed by atoms with Crippen molar-refractivity contribution >= 4 is 5.97 Å². The monoisotopic (exact) mass is 229 g/mol. The zero-order valence-corrected chi connectivity index (χ0v) is 10.5. The van der Waals surface area contributed by atoms with Crippen molar-refractivity contribution in [2.75, 3.05) is 13.2 Å². The van der Waals surface area contributed by atoms with Gasteiger partial charge in [0, 0.05) is 24.7 Å². The number of hydrogen-bond donors (Lipinski definition) is 2. The van der Waals surface area contributed by atoms with Crippen molar-refractivity contribution in [3.8, 4) is 0 Å². The SMILES string of the molecule is CCCCNC(=CC(=O)OCC)CC(C)O. The molecule has 2 N–H and O–H groups in total. The molecule has 0 radical (unpaired) electrons. The Labute approximate surface area is 97.7 Å². The van der Waals surface area contributed by atoms with Crippen molar-refractivity contribution in [1.29, 1.82) is 0 Å². The second-order valence-electron chi connectivity index (χ2n) is 3.76.